The maximum Gasteiger partial charge on any atom is 0.308 e. The minimum absolute atomic E-state index is 0.0303. The van der Waals surface area contributed by atoms with Gasteiger partial charge in [0, 0.05) is 32.1 Å². The minimum Gasteiger partial charge on any atom is -0.422 e. The van der Waals surface area contributed by atoms with Gasteiger partial charge in [0.15, 0.2) is 11.4 Å². The van der Waals surface area contributed by atoms with E-state index < -0.39 is 11.9 Å². The Bertz CT molecular complexity index is 903. The van der Waals surface area contributed by atoms with Gasteiger partial charge in [-0.1, -0.05) is 25.5 Å². The Labute approximate surface area is 177 Å². The van der Waals surface area contributed by atoms with E-state index in [1.807, 2.05) is 0 Å². The summed E-state index contributed by atoms with van der Waals surface area (Å²) in [7, 11) is 0. The lowest BCUT2D eigenvalue weighted by molar-refractivity contribution is -0.132. The highest BCUT2D eigenvalue weighted by molar-refractivity contribution is 5.94. The molecule has 0 aliphatic carbocycles. The number of ether oxygens (including phenoxy) is 1. The van der Waals surface area contributed by atoms with E-state index in [2.05, 4.69) is 46.1 Å². The van der Waals surface area contributed by atoms with Crippen LogP contribution in [0.4, 0.5) is 5.69 Å². The highest BCUT2D eigenvalue weighted by Crippen LogP contribution is 2.27. The number of benzene rings is 1. The quantitative estimate of drug-likeness (QED) is 0.704. The molecule has 30 heavy (non-hydrogen) atoms. The normalized spacial score (nSPS) is 14.6. The molecule has 1 aliphatic rings. The molecule has 7 nitrogen and oxygen atoms in total. The molecule has 2 heterocycles. The number of esters is 1. The molecule has 0 bridgehead atoms. The van der Waals surface area contributed by atoms with Gasteiger partial charge in [-0.15, -0.1) is 0 Å². The number of rotatable bonds is 7. The summed E-state index contributed by atoms with van der Waals surface area (Å²) >= 11 is 0. The number of aryl methyl sites for hydroxylation is 2. The number of nitrogens with zero attached hydrogens (tertiary/aromatic N) is 3. The summed E-state index contributed by atoms with van der Waals surface area (Å²) in [4.78, 5) is 34.3. The van der Waals surface area contributed by atoms with Crippen molar-refractivity contribution in [1.82, 2.24) is 9.97 Å². The number of nitrogens with two attached hydrogens (primary N) is 1. The fourth-order valence-electron chi connectivity index (χ4n) is 3.96. The minimum atomic E-state index is -0.723. The first-order chi connectivity index (χ1) is 14.4. The van der Waals surface area contributed by atoms with Crippen LogP contribution in [0.5, 0.6) is 5.75 Å². The zero-order chi connectivity index (χ0) is 21.7. The summed E-state index contributed by atoms with van der Waals surface area (Å²) in [6, 6.07) is 8.87. The van der Waals surface area contributed by atoms with Gasteiger partial charge in [0.05, 0.1) is 5.69 Å². The number of carbonyl (C=O) groups is 2. The Hall–Kier alpha value is -2.96. The van der Waals surface area contributed by atoms with E-state index in [0.29, 0.717) is 23.9 Å². The van der Waals surface area contributed by atoms with Crippen molar-refractivity contribution in [3.05, 3.63) is 47.0 Å². The van der Waals surface area contributed by atoms with Gasteiger partial charge in [0.25, 0.3) is 5.91 Å². The van der Waals surface area contributed by atoms with E-state index >= 15 is 0 Å². The van der Waals surface area contributed by atoms with Crippen molar-refractivity contribution in [2.45, 2.75) is 52.9 Å². The molecule has 0 spiro atoms. The highest BCUT2D eigenvalue weighted by atomic mass is 16.5. The summed E-state index contributed by atoms with van der Waals surface area (Å²) in [6.45, 7) is 7.11. The van der Waals surface area contributed by atoms with Crippen LogP contribution < -0.4 is 15.4 Å². The molecule has 1 aliphatic heterocycles. The summed E-state index contributed by atoms with van der Waals surface area (Å²) in [5, 5.41) is 0. The Kier molecular flexibility index (Phi) is 7.03. The second-order valence-electron chi connectivity index (χ2n) is 7.91. The zero-order valence-electron chi connectivity index (χ0n) is 18.0. The lowest BCUT2D eigenvalue weighted by atomic mass is 9.92. The van der Waals surface area contributed by atoms with Crippen LogP contribution in [0.2, 0.25) is 0 Å². The van der Waals surface area contributed by atoms with Gasteiger partial charge < -0.3 is 15.4 Å². The molecule has 7 heteroatoms. The molecule has 160 valence electrons. The van der Waals surface area contributed by atoms with Gasteiger partial charge in [0.2, 0.25) is 0 Å². The molecule has 0 atom stereocenters. The zero-order valence-corrected chi connectivity index (χ0v) is 18.0. The average Bonchev–Trinajstić information content (AvgIpc) is 2.71. The smallest absolute Gasteiger partial charge is 0.308 e. The van der Waals surface area contributed by atoms with Gasteiger partial charge >= 0.3 is 5.97 Å². The molecule has 2 aromatic rings. The monoisotopic (exact) mass is 410 g/mol. The van der Waals surface area contributed by atoms with Crippen molar-refractivity contribution in [3.8, 4) is 5.75 Å². The van der Waals surface area contributed by atoms with E-state index in [9.17, 15) is 9.59 Å². The van der Waals surface area contributed by atoms with Crippen LogP contribution in [0.1, 0.15) is 60.7 Å². The number of primary amides is 1. The third-order valence-electron chi connectivity index (χ3n) is 5.49. The average molecular weight is 411 g/mol. The number of hydrogen-bond donors (Lipinski definition) is 1. The predicted octanol–water partition coefficient (Wildman–Crippen LogP) is 3.22. The SMILES string of the molecule is CCCc1ccc(N2CCC(Cc3nc(C)c(OC(C)=O)c(C(N)=O)n3)CC2)cc1. The topological polar surface area (TPSA) is 98.4 Å². The number of piperidine rings is 1. The molecular formula is C23H30N4O3. The van der Waals surface area contributed by atoms with Crippen LogP contribution in [0.25, 0.3) is 0 Å². The second-order valence-corrected chi connectivity index (χ2v) is 7.91. The molecule has 2 N–H and O–H groups in total. The predicted molar refractivity (Wildman–Crippen MR) is 116 cm³/mol. The maximum atomic E-state index is 11.8. The first kappa shape index (κ1) is 21.7. The third-order valence-corrected chi connectivity index (χ3v) is 5.49. The Morgan fingerprint density at radius 2 is 1.83 bits per heavy atom. The number of carbonyl (C=O) groups excluding carboxylic acids is 2. The van der Waals surface area contributed by atoms with E-state index in [4.69, 9.17) is 10.5 Å². The van der Waals surface area contributed by atoms with E-state index in [1.54, 1.807) is 6.92 Å². The summed E-state index contributed by atoms with van der Waals surface area (Å²) in [5.74, 6) is -0.202. The summed E-state index contributed by atoms with van der Waals surface area (Å²) in [5.41, 5.74) is 8.51. The van der Waals surface area contributed by atoms with Crippen LogP contribution in [0.3, 0.4) is 0 Å². The fourth-order valence-corrected chi connectivity index (χ4v) is 3.96. The molecule has 1 amide bonds. The molecule has 0 saturated carbocycles. The van der Waals surface area contributed by atoms with E-state index in [-0.39, 0.29) is 11.4 Å². The van der Waals surface area contributed by atoms with E-state index in [0.717, 1.165) is 38.8 Å². The Morgan fingerprint density at radius 3 is 2.40 bits per heavy atom. The van der Waals surface area contributed by atoms with Gasteiger partial charge in [-0.3, -0.25) is 9.59 Å². The van der Waals surface area contributed by atoms with Gasteiger partial charge in [-0.05, 0) is 49.8 Å². The van der Waals surface area contributed by atoms with Crippen LogP contribution in [0, 0.1) is 12.8 Å². The van der Waals surface area contributed by atoms with Crippen LogP contribution in [0.15, 0.2) is 24.3 Å². The second kappa shape index (κ2) is 9.69. The summed E-state index contributed by atoms with van der Waals surface area (Å²) < 4.78 is 5.10. The van der Waals surface area contributed by atoms with Gasteiger partial charge in [-0.2, -0.15) is 0 Å². The summed E-state index contributed by atoms with van der Waals surface area (Å²) in [6.07, 6.45) is 5.00. The van der Waals surface area contributed by atoms with Gasteiger partial charge in [-0.25, -0.2) is 9.97 Å². The first-order valence-electron chi connectivity index (χ1n) is 10.6. The first-order valence-corrected chi connectivity index (χ1v) is 10.6. The maximum absolute atomic E-state index is 11.8. The van der Waals surface area contributed by atoms with Gasteiger partial charge in [0.1, 0.15) is 5.82 Å². The largest absolute Gasteiger partial charge is 0.422 e. The highest BCUT2D eigenvalue weighted by Gasteiger charge is 2.24. The van der Waals surface area contributed by atoms with Crippen LogP contribution in [-0.2, 0) is 17.6 Å². The Balaban J connectivity index is 1.64. The number of anilines is 1. The molecule has 1 aromatic heterocycles. The lowest BCUT2D eigenvalue weighted by Gasteiger charge is -2.33. The molecule has 0 unspecified atom stereocenters. The van der Waals surface area contributed by atoms with Crippen molar-refractivity contribution >= 4 is 17.6 Å². The molecule has 1 aromatic carbocycles. The van der Waals surface area contributed by atoms with E-state index in [1.165, 1.54) is 18.2 Å². The van der Waals surface area contributed by atoms with Crippen molar-refractivity contribution in [1.29, 1.82) is 0 Å². The molecule has 1 fully saturated rings. The van der Waals surface area contributed by atoms with Crippen molar-refractivity contribution < 1.29 is 14.3 Å². The molecule has 0 radical (unpaired) electrons. The number of hydrogen-bond acceptors (Lipinski definition) is 6. The molecule has 1 saturated heterocycles. The Morgan fingerprint density at radius 1 is 1.17 bits per heavy atom. The number of aromatic nitrogens is 2. The molecular weight excluding hydrogens is 380 g/mol. The molecule has 3 rings (SSSR count). The van der Waals surface area contributed by atoms with Crippen molar-refractivity contribution in [2.24, 2.45) is 11.7 Å². The van der Waals surface area contributed by atoms with Crippen LogP contribution >= 0.6 is 0 Å². The fraction of sp³-hybridized carbons (Fsp3) is 0.478. The van der Waals surface area contributed by atoms with Crippen molar-refractivity contribution in [2.75, 3.05) is 18.0 Å². The standard InChI is InChI=1S/C23H30N4O3/c1-4-5-17-6-8-19(9-7-17)27-12-10-18(11-13-27)14-20-25-15(2)22(30-16(3)28)21(26-20)23(24)29/h6-9,18H,4-5,10-14H2,1-3H3,(H2,24,29). The third kappa shape index (κ3) is 5.34. The number of amides is 1. The lowest BCUT2D eigenvalue weighted by Crippen LogP contribution is -2.34. The van der Waals surface area contributed by atoms with Crippen molar-refractivity contribution in [3.63, 3.8) is 0 Å². The van der Waals surface area contributed by atoms with Crippen LogP contribution in [-0.4, -0.2) is 34.9 Å².